The Morgan fingerprint density at radius 1 is 1.11 bits per heavy atom. The van der Waals surface area contributed by atoms with Crippen LogP contribution >= 0.6 is 0 Å². The molecule has 138 valence electrons. The van der Waals surface area contributed by atoms with Gasteiger partial charge in [0, 0.05) is 25.0 Å². The molecule has 0 radical (unpaired) electrons. The Morgan fingerprint density at radius 3 is 2.37 bits per heavy atom. The fourth-order valence-electron chi connectivity index (χ4n) is 2.91. The second kappa shape index (κ2) is 8.91. The molecule has 3 rings (SSSR count). The summed E-state index contributed by atoms with van der Waals surface area (Å²) in [7, 11) is 0. The van der Waals surface area contributed by atoms with Crippen LogP contribution in [-0.4, -0.2) is 23.9 Å². The lowest BCUT2D eigenvalue weighted by Gasteiger charge is -2.29. The van der Waals surface area contributed by atoms with Gasteiger partial charge in [-0.05, 0) is 55.2 Å². The SMILES string of the molecule is CC1CCN(/C=C(/C#N)C(=O)Nc2ccc(Oc3ccccc3)cc2)CC1. The number of para-hydroxylation sites is 1. The zero-order valence-electron chi connectivity index (χ0n) is 15.4. The zero-order valence-corrected chi connectivity index (χ0v) is 15.4. The maximum Gasteiger partial charge on any atom is 0.267 e. The zero-order chi connectivity index (χ0) is 19.1. The average molecular weight is 361 g/mol. The number of rotatable bonds is 5. The van der Waals surface area contributed by atoms with Gasteiger partial charge in [0.05, 0.1) is 0 Å². The van der Waals surface area contributed by atoms with Crippen molar-refractivity contribution < 1.29 is 9.53 Å². The molecule has 0 saturated carbocycles. The largest absolute Gasteiger partial charge is 0.457 e. The van der Waals surface area contributed by atoms with Crippen LogP contribution < -0.4 is 10.1 Å². The molecule has 1 aliphatic heterocycles. The van der Waals surface area contributed by atoms with Gasteiger partial charge in [0.2, 0.25) is 0 Å². The van der Waals surface area contributed by atoms with Gasteiger partial charge in [-0.1, -0.05) is 25.1 Å². The van der Waals surface area contributed by atoms with E-state index in [2.05, 4.69) is 17.1 Å². The monoisotopic (exact) mass is 361 g/mol. The van der Waals surface area contributed by atoms with Crippen molar-refractivity contribution in [3.05, 3.63) is 66.4 Å². The predicted octanol–water partition coefficient (Wildman–Crippen LogP) is 4.56. The lowest BCUT2D eigenvalue weighted by molar-refractivity contribution is -0.112. The minimum absolute atomic E-state index is 0.120. The summed E-state index contributed by atoms with van der Waals surface area (Å²) >= 11 is 0. The summed E-state index contributed by atoms with van der Waals surface area (Å²) in [6.45, 7) is 3.99. The highest BCUT2D eigenvalue weighted by atomic mass is 16.5. The minimum atomic E-state index is -0.396. The van der Waals surface area contributed by atoms with Crippen molar-refractivity contribution in [3.8, 4) is 17.6 Å². The van der Waals surface area contributed by atoms with Gasteiger partial charge < -0.3 is 15.0 Å². The molecule has 1 amide bonds. The average Bonchev–Trinajstić information content (AvgIpc) is 2.70. The molecular formula is C22H23N3O2. The standard InChI is InChI=1S/C22H23N3O2/c1-17-11-13-25(14-12-17)16-18(15-23)22(26)24-19-7-9-21(10-8-19)27-20-5-3-2-4-6-20/h2-10,16-17H,11-14H2,1H3,(H,24,26)/b18-16-. The van der Waals surface area contributed by atoms with E-state index in [1.165, 1.54) is 0 Å². The van der Waals surface area contributed by atoms with Crippen LogP contribution in [0.5, 0.6) is 11.5 Å². The summed E-state index contributed by atoms with van der Waals surface area (Å²) in [5.41, 5.74) is 0.739. The van der Waals surface area contributed by atoms with Crippen molar-refractivity contribution in [2.24, 2.45) is 5.92 Å². The molecule has 27 heavy (non-hydrogen) atoms. The predicted molar refractivity (Wildman–Crippen MR) is 105 cm³/mol. The van der Waals surface area contributed by atoms with E-state index in [0.717, 1.165) is 31.7 Å². The van der Waals surface area contributed by atoms with Crippen molar-refractivity contribution >= 4 is 11.6 Å². The fraction of sp³-hybridized carbons (Fsp3) is 0.273. The van der Waals surface area contributed by atoms with Crippen LogP contribution in [0, 0.1) is 17.2 Å². The molecule has 1 saturated heterocycles. The fourth-order valence-corrected chi connectivity index (χ4v) is 2.91. The molecule has 1 N–H and O–H groups in total. The number of nitriles is 1. The molecule has 0 bridgehead atoms. The van der Waals surface area contributed by atoms with Crippen molar-refractivity contribution in [2.45, 2.75) is 19.8 Å². The second-order valence-electron chi connectivity index (χ2n) is 6.77. The summed E-state index contributed by atoms with van der Waals surface area (Å²) in [6.07, 6.45) is 3.84. The Kier molecular flexibility index (Phi) is 6.11. The first kappa shape index (κ1) is 18.5. The molecule has 0 spiro atoms. The molecule has 0 aliphatic carbocycles. The second-order valence-corrected chi connectivity index (χ2v) is 6.77. The number of nitrogens with zero attached hydrogens (tertiary/aromatic N) is 2. The number of likely N-dealkylation sites (tertiary alicyclic amines) is 1. The summed E-state index contributed by atoms with van der Waals surface area (Å²) in [6, 6.07) is 18.6. The third-order valence-corrected chi connectivity index (χ3v) is 4.59. The third kappa shape index (κ3) is 5.35. The topological polar surface area (TPSA) is 65.4 Å². The highest BCUT2D eigenvalue weighted by molar-refractivity contribution is 6.06. The molecular weight excluding hydrogens is 338 g/mol. The van der Waals surface area contributed by atoms with E-state index in [4.69, 9.17) is 4.74 Å². The number of hydrogen-bond acceptors (Lipinski definition) is 4. The number of hydrogen-bond donors (Lipinski definition) is 1. The van der Waals surface area contributed by atoms with E-state index >= 15 is 0 Å². The maximum absolute atomic E-state index is 12.4. The quantitative estimate of drug-likeness (QED) is 0.626. The van der Waals surface area contributed by atoms with E-state index in [0.29, 0.717) is 17.4 Å². The van der Waals surface area contributed by atoms with E-state index in [1.807, 2.05) is 36.4 Å². The highest BCUT2D eigenvalue weighted by Gasteiger charge is 2.16. The van der Waals surface area contributed by atoms with Gasteiger partial charge >= 0.3 is 0 Å². The van der Waals surface area contributed by atoms with Crippen molar-refractivity contribution in [1.82, 2.24) is 4.90 Å². The molecule has 1 fully saturated rings. The smallest absolute Gasteiger partial charge is 0.267 e. The molecule has 1 aliphatic rings. The first-order valence-corrected chi connectivity index (χ1v) is 9.14. The molecule has 2 aromatic rings. The third-order valence-electron chi connectivity index (χ3n) is 4.59. The van der Waals surface area contributed by atoms with Gasteiger partial charge in [-0.2, -0.15) is 5.26 Å². The number of nitrogens with one attached hydrogen (secondary N) is 1. The number of carbonyl (C=O) groups is 1. The normalized spacial score (nSPS) is 15.1. The summed E-state index contributed by atoms with van der Waals surface area (Å²) in [5.74, 6) is 1.73. The number of carbonyl (C=O) groups excluding carboxylic acids is 1. The van der Waals surface area contributed by atoms with Gasteiger partial charge in [-0.25, -0.2) is 0 Å². The maximum atomic E-state index is 12.4. The highest BCUT2D eigenvalue weighted by Crippen LogP contribution is 2.23. The van der Waals surface area contributed by atoms with Crippen LogP contribution in [0.3, 0.4) is 0 Å². The van der Waals surface area contributed by atoms with Crippen LogP contribution in [0.1, 0.15) is 19.8 Å². The lowest BCUT2D eigenvalue weighted by Crippen LogP contribution is -2.29. The molecule has 5 nitrogen and oxygen atoms in total. The first-order valence-electron chi connectivity index (χ1n) is 9.14. The van der Waals surface area contributed by atoms with Gasteiger partial charge in [-0.15, -0.1) is 0 Å². The molecule has 0 atom stereocenters. The van der Waals surface area contributed by atoms with Crippen molar-refractivity contribution in [1.29, 1.82) is 5.26 Å². The van der Waals surface area contributed by atoms with Crippen LogP contribution in [0.25, 0.3) is 0 Å². The number of ether oxygens (including phenoxy) is 1. The van der Waals surface area contributed by atoms with Crippen molar-refractivity contribution in [2.75, 3.05) is 18.4 Å². The minimum Gasteiger partial charge on any atom is -0.457 e. The van der Waals surface area contributed by atoms with Crippen LogP contribution in [-0.2, 0) is 4.79 Å². The van der Waals surface area contributed by atoms with Gasteiger partial charge in [-0.3, -0.25) is 4.79 Å². The van der Waals surface area contributed by atoms with E-state index in [1.54, 1.807) is 30.5 Å². The van der Waals surface area contributed by atoms with Gasteiger partial charge in [0.15, 0.2) is 0 Å². The summed E-state index contributed by atoms with van der Waals surface area (Å²) in [5, 5.41) is 12.1. The number of anilines is 1. The van der Waals surface area contributed by atoms with E-state index < -0.39 is 5.91 Å². The molecule has 1 heterocycles. The van der Waals surface area contributed by atoms with Crippen LogP contribution in [0.15, 0.2) is 66.4 Å². The summed E-state index contributed by atoms with van der Waals surface area (Å²) < 4.78 is 5.73. The Balaban J connectivity index is 1.60. The van der Waals surface area contributed by atoms with Crippen LogP contribution in [0.4, 0.5) is 5.69 Å². The first-order chi connectivity index (χ1) is 13.1. The molecule has 0 unspecified atom stereocenters. The van der Waals surface area contributed by atoms with E-state index in [-0.39, 0.29) is 5.57 Å². The number of piperidine rings is 1. The Morgan fingerprint density at radius 2 is 1.74 bits per heavy atom. The van der Waals surface area contributed by atoms with E-state index in [9.17, 15) is 10.1 Å². The number of benzene rings is 2. The number of amides is 1. The van der Waals surface area contributed by atoms with Gasteiger partial charge in [0.1, 0.15) is 23.1 Å². The molecule has 0 aromatic heterocycles. The summed E-state index contributed by atoms with van der Waals surface area (Å²) in [4.78, 5) is 14.4. The van der Waals surface area contributed by atoms with Crippen molar-refractivity contribution in [3.63, 3.8) is 0 Å². The van der Waals surface area contributed by atoms with Gasteiger partial charge in [0.25, 0.3) is 5.91 Å². The molecule has 2 aromatic carbocycles. The van der Waals surface area contributed by atoms with Crippen LogP contribution in [0.2, 0.25) is 0 Å². The Hall–Kier alpha value is -3.26. The Labute approximate surface area is 159 Å². The Bertz CT molecular complexity index is 830. The lowest BCUT2D eigenvalue weighted by atomic mass is 9.99. The molecule has 5 heteroatoms.